The number of aryl methyl sites for hydroxylation is 1. The van der Waals surface area contributed by atoms with E-state index in [-0.39, 0.29) is 5.28 Å². The molecule has 0 amide bonds. The third-order valence-corrected chi connectivity index (χ3v) is 2.80. The molecule has 18 heavy (non-hydrogen) atoms. The van der Waals surface area contributed by atoms with E-state index in [0.29, 0.717) is 17.3 Å². The van der Waals surface area contributed by atoms with Crippen molar-refractivity contribution >= 4 is 17.3 Å². The molecule has 0 atom stereocenters. The van der Waals surface area contributed by atoms with Crippen molar-refractivity contribution in [3.05, 3.63) is 40.8 Å². The van der Waals surface area contributed by atoms with Gasteiger partial charge in [-0.2, -0.15) is 4.98 Å². The standard InChI is InChI=1S/C13H14ClN3O/c1-3-9-8(2)16-13(14)17-12(9)18-11-7-5-4-6-10(11)15/h4-7H,3,15H2,1-2H3. The predicted molar refractivity (Wildman–Crippen MR) is 72.1 cm³/mol. The lowest BCUT2D eigenvalue weighted by Gasteiger charge is -2.12. The summed E-state index contributed by atoms with van der Waals surface area (Å²) in [6.45, 7) is 3.90. The van der Waals surface area contributed by atoms with Gasteiger partial charge in [0.15, 0.2) is 5.75 Å². The molecule has 0 aliphatic carbocycles. The van der Waals surface area contributed by atoms with E-state index >= 15 is 0 Å². The maximum atomic E-state index is 5.85. The van der Waals surface area contributed by atoms with Crippen LogP contribution in [0.2, 0.25) is 5.28 Å². The van der Waals surface area contributed by atoms with E-state index in [1.165, 1.54) is 0 Å². The molecule has 2 N–H and O–H groups in total. The summed E-state index contributed by atoms with van der Waals surface area (Å²) >= 11 is 5.85. The molecule has 1 heterocycles. The largest absolute Gasteiger partial charge is 0.436 e. The van der Waals surface area contributed by atoms with Crippen molar-refractivity contribution in [1.82, 2.24) is 9.97 Å². The van der Waals surface area contributed by atoms with Crippen LogP contribution < -0.4 is 10.5 Å². The molecule has 1 aromatic carbocycles. The van der Waals surface area contributed by atoms with Gasteiger partial charge in [-0.25, -0.2) is 4.98 Å². The minimum Gasteiger partial charge on any atom is -0.436 e. The van der Waals surface area contributed by atoms with Gasteiger partial charge in [-0.05, 0) is 37.1 Å². The number of ether oxygens (including phenoxy) is 1. The summed E-state index contributed by atoms with van der Waals surface area (Å²) in [5.74, 6) is 1.04. The normalized spacial score (nSPS) is 10.4. The van der Waals surface area contributed by atoms with Crippen LogP contribution in [-0.2, 0) is 6.42 Å². The third kappa shape index (κ3) is 2.54. The number of nitrogens with zero attached hydrogens (tertiary/aromatic N) is 2. The smallest absolute Gasteiger partial charge is 0.227 e. The second-order valence-corrected chi connectivity index (χ2v) is 4.19. The maximum Gasteiger partial charge on any atom is 0.227 e. The Morgan fingerprint density at radius 3 is 2.67 bits per heavy atom. The highest BCUT2D eigenvalue weighted by Gasteiger charge is 2.12. The summed E-state index contributed by atoms with van der Waals surface area (Å²) in [6.07, 6.45) is 0.769. The van der Waals surface area contributed by atoms with Crippen molar-refractivity contribution in [2.75, 3.05) is 5.73 Å². The molecule has 5 heteroatoms. The number of benzene rings is 1. The van der Waals surface area contributed by atoms with E-state index in [1.807, 2.05) is 26.0 Å². The molecule has 4 nitrogen and oxygen atoms in total. The number of nitrogens with two attached hydrogens (primary N) is 1. The molecule has 0 unspecified atom stereocenters. The van der Waals surface area contributed by atoms with Crippen LogP contribution in [0.1, 0.15) is 18.2 Å². The van der Waals surface area contributed by atoms with Crippen molar-refractivity contribution in [3.8, 4) is 11.6 Å². The molecule has 2 rings (SSSR count). The third-order valence-electron chi connectivity index (χ3n) is 2.63. The fourth-order valence-electron chi connectivity index (χ4n) is 1.71. The molecule has 2 aromatic rings. The zero-order valence-electron chi connectivity index (χ0n) is 10.3. The number of anilines is 1. The zero-order valence-corrected chi connectivity index (χ0v) is 11.0. The molecular weight excluding hydrogens is 250 g/mol. The lowest BCUT2D eigenvalue weighted by atomic mass is 10.2. The minimum atomic E-state index is 0.175. The lowest BCUT2D eigenvalue weighted by molar-refractivity contribution is 0.456. The Bertz CT molecular complexity index is 572. The molecule has 0 aliphatic rings. The van der Waals surface area contributed by atoms with Gasteiger partial charge in [0, 0.05) is 11.3 Å². The van der Waals surface area contributed by atoms with Crippen LogP contribution in [0.15, 0.2) is 24.3 Å². The number of aromatic nitrogens is 2. The van der Waals surface area contributed by atoms with Gasteiger partial charge in [0.25, 0.3) is 0 Å². The predicted octanol–water partition coefficient (Wildman–Crippen LogP) is 3.38. The fourth-order valence-corrected chi connectivity index (χ4v) is 1.91. The summed E-state index contributed by atoms with van der Waals surface area (Å²) in [4.78, 5) is 8.23. The summed E-state index contributed by atoms with van der Waals surface area (Å²) in [5, 5.41) is 0.175. The van der Waals surface area contributed by atoms with Crippen LogP contribution in [0, 0.1) is 6.92 Å². The Balaban J connectivity index is 2.43. The first-order valence-corrected chi connectivity index (χ1v) is 6.05. The van der Waals surface area contributed by atoms with Crippen LogP contribution in [0.5, 0.6) is 11.6 Å². The lowest BCUT2D eigenvalue weighted by Crippen LogP contribution is -2.01. The van der Waals surface area contributed by atoms with Crippen molar-refractivity contribution in [2.45, 2.75) is 20.3 Å². The van der Waals surface area contributed by atoms with E-state index in [9.17, 15) is 0 Å². The van der Waals surface area contributed by atoms with Gasteiger partial charge >= 0.3 is 0 Å². The van der Waals surface area contributed by atoms with Crippen molar-refractivity contribution in [2.24, 2.45) is 0 Å². The Labute approximate surface area is 111 Å². The first-order chi connectivity index (χ1) is 8.61. The maximum absolute atomic E-state index is 5.85. The summed E-state index contributed by atoms with van der Waals surface area (Å²) < 4.78 is 5.73. The minimum absolute atomic E-state index is 0.175. The number of rotatable bonds is 3. The molecule has 1 aromatic heterocycles. The first-order valence-electron chi connectivity index (χ1n) is 5.67. The molecule has 0 aliphatic heterocycles. The van der Waals surface area contributed by atoms with Crippen molar-refractivity contribution < 1.29 is 4.74 Å². The quantitative estimate of drug-likeness (QED) is 0.681. The zero-order chi connectivity index (χ0) is 13.1. The molecule has 94 valence electrons. The van der Waals surface area contributed by atoms with Gasteiger partial charge in [0.05, 0.1) is 5.69 Å². The van der Waals surface area contributed by atoms with Crippen LogP contribution in [0.3, 0.4) is 0 Å². The molecule has 0 saturated carbocycles. The Hall–Kier alpha value is -1.81. The van der Waals surface area contributed by atoms with Crippen LogP contribution >= 0.6 is 11.6 Å². The average molecular weight is 264 g/mol. The molecule has 0 spiro atoms. The average Bonchev–Trinajstić information content (AvgIpc) is 2.31. The van der Waals surface area contributed by atoms with Crippen molar-refractivity contribution in [3.63, 3.8) is 0 Å². The van der Waals surface area contributed by atoms with Gasteiger partial charge < -0.3 is 10.5 Å². The van der Waals surface area contributed by atoms with Gasteiger partial charge in [-0.3, -0.25) is 0 Å². The van der Waals surface area contributed by atoms with Crippen LogP contribution in [0.25, 0.3) is 0 Å². The van der Waals surface area contributed by atoms with E-state index in [1.54, 1.807) is 12.1 Å². The summed E-state index contributed by atoms with van der Waals surface area (Å²) in [5.41, 5.74) is 8.15. The van der Waals surface area contributed by atoms with Crippen LogP contribution in [-0.4, -0.2) is 9.97 Å². The monoisotopic (exact) mass is 263 g/mol. The molecule has 0 bridgehead atoms. The Morgan fingerprint density at radius 2 is 2.00 bits per heavy atom. The summed E-state index contributed by atoms with van der Waals surface area (Å²) in [6, 6.07) is 7.27. The number of nitrogen functional groups attached to an aromatic ring is 1. The summed E-state index contributed by atoms with van der Waals surface area (Å²) in [7, 11) is 0. The number of halogens is 1. The van der Waals surface area contributed by atoms with Gasteiger partial charge in [0.2, 0.25) is 11.2 Å². The SMILES string of the molecule is CCc1c(C)nc(Cl)nc1Oc1ccccc1N. The van der Waals surface area contributed by atoms with E-state index < -0.39 is 0 Å². The van der Waals surface area contributed by atoms with Gasteiger partial charge in [-0.1, -0.05) is 19.1 Å². The Morgan fingerprint density at radius 1 is 1.28 bits per heavy atom. The topological polar surface area (TPSA) is 61.0 Å². The van der Waals surface area contributed by atoms with Crippen LogP contribution in [0.4, 0.5) is 5.69 Å². The first kappa shape index (κ1) is 12.6. The number of hydrogen-bond acceptors (Lipinski definition) is 4. The fraction of sp³-hybridized carbons (Fsp3) is 0.231. The van der Waals surface area contributed by atoms with Gasteiger partial charge in [-0.15, -0.1) is 0 Å². The highest BCUT2D eigenvalue weighted by Crippen LogP contribution is 2.30. The molecular formula is C13H14ClN3O. The highest BCUT2D eigenvalue weighted by atomic mass is 35.5. The second-order valence-electron chi connectivity index (χ2n) is 3.86. The molecule has 0 saturated heterocycles. The second kappa shape index (κ2) is 5.23. The molecule has 0 radical (unpaired) electrons. The highest BCUT2D eigenvalue weighted by molar-refractivity contribution is 6.28. The van der Waals surface area contributed by atoms with E-state index in [4.69, 9.17) is 22.1 Å². The Kier molecular flexibility index (Phi) is 3.67. The van der Waals surface area contributed by atoms with Crippen molar-refractivity contribution in [1.29, 1.82) is 0 Å². The van der Waals surface area contributed by atoms with Gasteiger partial charge in [0.1, 0.15) is 0 Å². The molecule has 0 fully saturated rings. The van der Waals surface area contributed by atoms with E-state index in [0.717, 1.165) is 17.7 Å². The van der Waals surface area contributed by atoms with E-state index in [2.05, 4.69) is 9.97 Å². The number of hydrogen-bond donors (Lipinski definition) is 1. The number of para-hydroxylation sites is 2.